The second-order valence-electron chi connectivity index (χ2n) is 9.96. The molecule has 5 rings (SSSR count). The second-order valence-corrected chi connectivity index (χ2v) is 9.96. The van der Waals surface area contributed by atoms with Crippen LogP contribution in [0.4, 0.5) is 17.3 Å². The highest BCUT2D eigenvalue weighted by atomic mass is 16.5. The van der Waals surface area contributed by atoms with Crippen molar-refractivity contribution in [3.63, 3.8) is 0 Å². The molecule has 0 saturated carbocycles. The number of methoxy groups -OCH3 is 1. The Labute approximate surface area is 239 Å². The third-order valence-electron chi connectivity index (χ3n) is 7.16. The Kier molecular flexibility index (Phi) is 8.23. The van der Waals surface area contributed by atoms with E-state index < -0.39 is 5.91 Å². The first-order valence-corrected chi connectivity index (χ1v) is 13.6. The molecule has 2 amide bonds. The molecule has 0 atom stereocenters. The van der Waals surface area contributed by atoms with Gasteiger partial charge in [0, 0.05) is 33.3 Å². The molecule has 0 unspecified atom stereocenters. The summed E-state index contributed by atoms with van der Waals surface area (Å²) in [6.07, 6.45) is 3.41. The zero-order valence-electron chi connectivity index (χ0n) is 23.8. The van der Waals surface area contributed by atoms with E-state index in [1.165, 1.54) is 6.20 Å². The fourth-order valence-corrected chi connectivity index (χ4v) is 4.72. The quantitative estimate of drug-likeness (QED) is 0.304. The van der Waals surface area contributed by atoms with E-state index in [2.05, 4.69) is 21.8 Å². The van der Waals surface area contributed by atoms with Crippen LogP contribution in [0.25, 0.3) is 5.65 Å². The molecule has 4 aromatic rings. The van der Waals surface area contributed by atoms with Gasteiger partial charge < -0.3 is 29.9 Å². The Balaban J connectivity index is 1.50. The number of benzene rings is 2. The summed E-state index contributed by atoms with van der Waals surface area (Å²) in [5.41, 5.74) is 3.66. The van der Waals surface area contributed by atoms with Crippen LogP contribution >= 0.6 is 0 Å². The Bertz CT molecular complexity index is 1550. The van der Waals surface area contributed by atoms with Crippen LogP contribution in [0, 0.1) is 0 Å². The highest BCUT2D eigenvalue weighted by Crippen LogP contribution is 2.35. The van der Waals surface area contributed by atoms with Crippen LogP contribution in [0.5, 0.6) is 11.5 Å². The van der Waals surface area contributed by atoms with Crippen LogP contribution in [0.15, 0.2) is 54.7 Å². The maximum absolute atomic E-state index is 13.2. The van der Waals surface area contributed by atoms with Crippen molar-refractivity contribution in [2.75, 3.05) is 51.1 Å². The number of amides is 2. The molecule has 0 radical (unpaired) electrons. The summed E-state index contributed by atoms with van der Waals surface area (Å²) in [6.45, 7) is 3.55. The second kappa shape index (κ2) is 12.2. The van der Waals surface area contributed by atoms with Gasteiger partial charge in [0.15, 0.2) is 5.65 Å². The molecule has 0 bridgehead atoms. The molecule has 214 valence electrons. The Morgan fingerprint density at radius 2 is 1.95 bits per heavy atom. The number of rotatable bonds is 10. The molecule has 2 N–H and O–H groups in total. The van der Waals surface area contributed by atoms with Crippen LogP contribution < -0.4 is 25.0 Å². The van der Waals surface area contributed by atoms with Crippen molar-refractivity contribution < 1.29 is 19.1 Å². The van der Waals surface area contributed by atoms with Gasteiger partial charge in [-0.1, -0.05) is 24.3 Å². The van der Waals surface area contributed by atoms with Gasteiger partial charge in [-0.05, 0) is 49.1 Å². The fraction of sp³-hybridized carbons (Fsp3) is 0.333. The number of anilines is 3. The number of likely N-dealkylation sites (N-methyl/N-ethyl adjacent to an activating group) is 1. The van der Waals surface area contributed by atoms with Crippen LogP contribution in [-0.2, 0) is 17.8 Å². The maximum Gasteiger partial charge on any atom is 0.257 e. The van der Waals surface area contributed by atoms with E-state index in [0.29, 0.717) is 31.2 Å². The van der Waals surface area contributed by atoms with Gasteiger partial charge in [-0.15, -0.1) is 0 Å². The molecule has 3 heterocycles. The number of hydrogen-bond acceptors (Lipinski definition) is 8. The van der Waals surface area contributed by atoms with Crippen LogP contribution in [0.2, 0.25) is 0 Å². The number of nitrogens with one attached hydrogen (secondary N) is 2. The molecule has 41 heavy (non-hydrogen) atoms. The highest BCUT2D eigenvalue weighted by molar-refractivity contribution is 6.01. The zero-order chi connectivity index (χ0) is 28.9. The molecular weight excluding hydrogens is 522 g/mol. The molecular formula is C30H35N7O4. The number of nitrogens with zero attached hydrogens (tertiary/aromatic N) is 5. The summed E-state index contributed by atoms with van der Waals surface area (Å²) in [5.74, 6) is 2.26. The van der Waals surface area contributed by atoms with Crippen LogP contribution in [0.1, 0.15) is 34.8 Å². The lowest BCUT2D eigenvalue weighted by Crippen LogP contribution is -2.38. The lowest BCUT2D eigenvalue weighted by atomic mass is 10.1. The summed E-state index contributed by atoms with van der Waals surface area (Å²) >= 11 is 0. The maximum atomic E-state index is 13.2. The van der Waals surface area contributed by atoms with E-state index in [0.717, 1.165) is 47.0 Å². The Morgan fingerprint density at radius 3 is 2.71 bits per heavy atom. The molecule has 1 aliphatic heterocycles. The number of carbonyl (C=O) groups excluding carboxylic acids is 2. The molecule has 11 nitrogen and oxygen atoms in total. The SMILES string of the molecule is CCN(C)C(=O)CNC(=O)c1cnn2c(N(C)Cc3ccc(OC)cc3)cc(Nc3cccc4c3OCCC4)nc12. The van der Waals surface area contributed by atoms with E-state index in [-0.39, 0.29) is 18.0 Å². The summed E-state index contributed by atoms with van der Waals surface area (Å²) in [5, 5.41) is 10.6. The van der Waals surface area contributed by atoms with E-state index in [4.69, 9.17) is 14.5 Å². The minimum absolute atomic E-state index is 0.115. The first kappa shape index (κ1) is 27.8. The molecule has 0 spiro atoms. The smallest absolute Gasteiger partial charge is 0.257 e. The topological polar surface area (TPSA) is 113 Å². The van der Waals surface area contributed by atoms with E-state index in [1.54, 1.807) is 23.6 Å². The standard InChI is InChI=1S/C30H35N7O4/c1-5-35(2)27(38)18-31-30(39)23-17-32-37-26(36(3)19-20-11-13-22(40-4)14-12-20)16-25(34-29(23)37)33-24-10-6-8-21-9-7-15-41-28(21)24/h6,8,10-14,16-17H,5,7,9,15,18-19H2,1-4H3,(H,31,39)(H,33,34). The lowest BCUT2D eigenvalue weighted by molar-refractivity contribution is -0.128. The van der Waals surface area contributed by atoms with E-state index >= 15 is 0 Å². The van der Waals surface area contributed by atoms with Crippen molar-refractivity contribution in [3.8, 4) is 11.5 Å². The van der Waals surface area contributed by atoms with Crippen molar-refractivity contribution in [1.29, 1.82) is 0 Å². The van der Waals surface area contributed by atoms with Crippen molar-refractivity contribution in [1.82, 2.24) is 24.8 Å². The number of para-hydroxylation sites is 1. The average molecular weight is 558 g/mol. The minimum atomic E-state index is -0.424. The van der Waals surface area contributed by atoms with Crippen LogP contribution in [-0.4, -0.2) is 72.2 Å². The molecule has 11 heteroatoms. The fourth-order valence-electron chi connectivity index (χ4n) is 4.72. The monoisotopic (exact) mass is 557 g/mol. The van der Waals surface area contributed by atoms with Crippen molar-refractivity contribution >= 4 is 34.8 Å². The first-order valence-electron chi connectivity index (χ1n) is 13.6. The molecule has 2 aromatic heterocycles. The third-order valence-corrected chi connectivity index (χ3v) is 7.16. The number of ether oxygens (including phenoxy) is 2. The number of hydrogen-bond donors (Lipinski definition) is 2. The molecule has 0 fully saturated rings. The zero-order valence-corrected chi connectivity index (χ0v) is 23.8. The van der Waals surface area contributed by atoms with E-state index in [1.807, 2.05) is 61.3 Å². The predicted molar refractivity (Wildman–Crippen MR) is 157 cm³/mol. The van der Waals surface area contributed by atoms with Gasteiger partial charge in [-0.3, -0.25) is 9.59 Å². The van der Waals surface area contributed by atoms with Gasteiger partial charge in [0.2, 0.25) is 5.91 Å². The summed E-state index contributed by atoms with van der Waals surface area (Å²) in [4.78, 5) is 33.8. The lowest BCUT2D eigenvalue weighted by Gasteiger charge is -2.23. The van der Waals surface area contributed by atoms with Crippen molar-refractivity contribution in [2.24, 2.45) is 0 Å². The van der Waals surface area contributed by atoms with Crippen LogP contribution in [0.3, 0.4) is 0 Å². The number of fused-ring (bicyclic) bond motifs is 2. The van der Waals surface area contributed by atoms with E-state index in [9.17, 15) is 9.59 Å². The number of aryl methyl sites for hydroxylation is 1. The van der Waals surface area contributed by atoms with Gasteiger partial charge in [-0.25, -0.2) is 4.98 Å². The molecule has 1 aliphatic rings. The predicted octanol–water partition coefficient (Wildman–Crippen LogP) is 3.65. The van der Waals surface area contributed by atoms with Gasteiger partial charge >= 0.3 is 0 Å². The number of aromatic nitrogens is 3. The highest BCUT2D eigenvalue weighted by Gasteiger charge is 2.21. The Hall–Kier alpha value is -4.80. The average Bonchev–Trinajstić information content (AvgIpc) is 3.43. The van der Waals surface area contributed by atoms with Crippen molar-refractivity contribution in [2.45, 2.75) is 26.3 Å². The molecule has 2 aromatic carbocycles. The summed E-state index contributed by atoms with van der Waals surface area (Å²) in [7, 11) is 5.29. The minimum Gasteiger partial charge on any atom is -0.497 e. The number of carbonyl (C=O) groups is 2. The largest absolute Gasteiger partial charge is 0.497 e. The Morgan fingerprint density at radius 1 is 1.15 bits per heavy atom. The normalized spacial score (nSPS) is 12.3. The third kappa shape index (κ3) is 6.03. The van der Waals surface area contributed by atoms with Gasteiger partial charge in [0.05, 0.1) is 32.1 Å². The van der Waals surface area contributed by atoms with Gasteiger partial charge in [-0.2, -0.15) is 9.61 Å². The van der Waals surface area contributed by atoms with Gasteiger partial charge in [0.1, 0.15) is 28.7 Å². The molecule has 0 saturated heterocycles. The molecule has 0 aliphatic carbocycles. The first-order chi connectivity index (χ1) is 19.9. The van der Waals surface area contributed by atoms with Crippen molar-refractivity contribution in [3.05, 3.63) is 71.4 Å². The van der Waals surface area contributed by atoms with Gasteiger partial charge in [0.25, 0.3) is 5.91 Å². The summed E-state index contributed by atoms with van der Waals surface area (Å²) < 4.78 is 12.9. The summed E-state index contributed by atoms with van der Waals surface area (Å²) in [6, 6.07) is 15.8.